The Labute approximate surface area is 120 Å². The molecular weight excluding hydrogens is 244 g/mol. The van der Waals surface area contributed by atoms with Gasteiger partial charge in [0.25, 0.3) is 0 Å². The number of rotatable bonds is 4. The topological polar surface area (TPSA) is 24.1 Å². The second kappa shape index (κ2) is 6.40. The van der Waals surface area contributed by atoms with Crippen LogP contribution in [0.5, 0.6) is 0 Å². The van der Waals surface area contributed by atoms with E-state index in [9.17, 15) is 0 Å². The first-order valence-electron chi connectivity index (χ1n) is 7.20. The molecule has 0 spiro atoms. The highest BCUT2D eigenvalue weighted by molar-refractivity contribution is 5.68. The van der Waals surface area contributed by atoms with Crippen LogP contribution in [0.2, 0.25) is 0 Å². The third-order valence-corrected chi connectivity index (χ3v) is 3.66. The fourth-order valence-electron chi connectivity index (χ4n) is 2.49. The Bertz CT molecular complexity index is 570. The van der Waals surface area contributed by atoms with Crippen LogP contribution >= 0.6 is 0 Å². The highest BCUT2D eigenvalue weighted by atomic mass is 14.9. The molecule has 0 bridgehead atoms. The van der Waals surface area contributed by atoms with E-state index in [1.54, 1.807) is 0 Å². The van der Waals surface area contributed by atoms with Crippen LogP contribution in [0.15, 0.2) is 60.7 Å². The van der Waals surface area contributed by atoms with Crippen molar-refractivity contribution >= 4 is 11.3 Å². The Morgan fingerprint density at radius 3 is 2.45 bits per heavy atom. The fourth-order valence-corrected chi connectivity index (χ4v) is 2.49. The molecule has 0 aliphatic carbocycles. The van der Waals surface area contributed by atoms with Crippen LogP contribution in [-0.4, -0.2) is 13.1 Å². The van der Waals surface area contributed by atoms with E-state index in [0.717, 1.165) is 26.1 Å². The van der Waals surface area contributed by atoms with Gasteiger partial charge in [0.2, 0.25) is 0 Å². The van der Waals surface area contributed by atoms with E-state index < -0.39 is 0 Å². The molecule has 0 atom stereocenters. The zero-order valence-corrected chi connectivity index (χ0v) is 11.6. The average molecular weight is 264 g/mol. The number of nitrogens with one attached hydrogen (secondary N) is 2. The lowest BCUT2D eigenvalue weighted by atomic mass is 10.00. The number of anilines is 1. The minimum Gasteiger partial charge on any atom is -0.381 e. The minimum absolute atomic E-state index is 0.868. The van der Waals surface area contributed by atoms with Crippen LogP contribution in [0.25, 0.3) is 5.57 Å². The molecule has 2 heteroatoms. The third-order valence-electron chi connectivity index (χ3n) is 3.66. The van der Waals surface area contributed by atoms with E-state index in [0.29, 0.717) is 0 Å². The van der Waals surface area contributed by atoms with Gasteiger partial charge in [-0.15, -0.1) is 0 Å². The molecule has 3 rings (SSSR count). The normalized spacial score (nSPS) is 14.7. The molecule has 0 unspecified atom stereocenters. The molecule has 2 aromatic rings. The Kier molecular flexibility index (Phi) is 4.14. The molecule has 0 fully saturated rings. The molecule has 2 aromatic carbocycles. The second-order valence-electron chi connectivity index (χ2n) is 5.10. The lowest BCUT2D eigenvalue weighted by molar-refractivity contribution is 0.738. The molecule has 2 N–H and O–H groups in total. The van der Waals surface area contributed by atoms with Crippen molar-refractivity contribution in [3.8, 4) is 0 Å². The zero-order chi connectivity index (χ0) is 13.6. The van der Waals surface area contributed by atoms with E-state index in [2.05, 4.69) is 65.2 Å². The largest absolute Gasteiger partial charge is 0.381 e. The standard InChI is InChI=1S/C18H20N2/c1-2-4-15(5-3-1)14-20-18-8-6-16(7-9-18)17-10-12-19-13-11-17/h1-10,19-20H,11-14H2. The number of hydrogen-bond donors (Lipinski definition) is 2. The molecule has 0 saturated heterocycles. The maximum absolute atomic E-state index is 3.46. The molecule has 102 valence electrons. The Morgan fingerprint density at radius 2 is 1.75 bits per heavy atom. The van der Waals surface area contributed by atoms with Gasteiger partial charge in [0.15, 0.2) is 0 Å². The molecular formula is C18H20N2. The van der Waals surface area contributed by atoms with Crippen molar-refractivity contribution in [1.29, 1.82) is 0 Å². The summed E-state index contributed by atoms with van der Waals surface area (Å²) in [6.45, 7) is 2.94. The lowest BCUT2D eigenvalue weighted by Gasteiger charge is -2.15. The van der Waals surface area contributed by atoms with Crippen molar-refractivity contribution in [2.75, 3.05) is 18.4 Å². The second-order valence-corrected chi connectivity index (χ2v) is 5.10. The molecule has 1 aliphatic heterocycles. The Hall–Kier alpha value is -2.06. The molecule has 0 radical (unpaired) electrons. The van der Waals surface area contributed by atoms with Crippen LogP contribution in [0.4, 0.5) is 5.69 Å². The lowest BCUT2D eigenvalue weighted by Crippen LogP contribution is -2.19. The van der Waals surface area contributed by atoms with Gasteiger partial charge in [-0.1, -0.05) is 48.5 Å². The third kappa shape index (κ3) is 3.28. The molecule has 0 saturated carbocycles. The molecule has 1 aliphatic rings. The maximum atomic E-state index is 3.46. The first-order chi connectivity index (χ1) is 9.92. The minimum atomic E-state index is 0.868. The van der Waals surface area contributed by atoms with E-state index >= 15 is 0 Å². The number of hydrogen-bond acceptors (Lipinski definition) is 2. The van der Waals surface area contributed by atoms with Gasteiger partial charge in [-0.2, -0.15) is 0 Å². The highest BCUT2D eigenvalue weighted by Crippen LogP contribution is 2.21. The van der Waals surface area contributed by atoms with Gasteiger partial charge < -0.3 is 10.6 Å². The van der Waals surface area contributed by atoms with Crippen LogP contribution in [-0.2, 0) is 6.54 Å². The summed E-state index contributed by atoms with van der Waals surface area (Å²) >= 11 is 0. The Morgan fingerprint density at radius 1 is 0.950 bits per heavy atom. The zero-order valence-electron chi connectivity index (χ0n) is 11.6. The van der Waals surface area contributed by atoms with Gasteiger partial charge in [-0.05, 0) is 41.8 Å². The summed E-state index contributed by atoms with van der Waals surface area (Å²) in [6, 6.07) is 19.2. The van der Waals surface area contributed by atoms with Crippen molar-refractivity contribution in [1.82, 2.24) is 5.32 Å². The van der Waals surface area contributed by atoms with E-state index in [1.807, 2.05) is 6.07 Å². The monoisotopic (exact) mass is 264 g/mol. The van der Waals surface area contributed by atoms with Gasteiger partial charge in [-0.25, -0.2) is 0 Å². The summed E-state index contributed by atoms with van der Waals surface area (Å²) in [5.41, 5.74) is 5.28. The van der Waals surface area contributed by atoms with Crippen molar-refractivity contribution in [3.63, 3.8) is 0 Å². The van der Waals surface area contributed by atoms with Crippen molar-refractivity contribution < 1.29 is 0 Å². The van der Waals surface area contributed by atoms with Crippen LogP contribution < -0.4 is 10.6 Å². The van der Waals surface area contributed by atoms with Crippen LogP contribution in [0.3, 0.4) is 0 Å². The SMILES string of the molecule is C1=C(c2ccc(NCc3ccccc3)cc2)CCNC1. The maximum Gasteiger partial charge on any atom is 0.0400 e. The van der Waals surface area contributed by atoms with Crippen LogP contribution in [0, 0.1) is 0 Å². The van der Waals surface area contributed by atoms with E-state index in [-0.39, 0.29) is 0 Å². The van der Waals surface area contributed by atoms with Crippen molar-refractivity contribution in [2.24, 2.45) is 0 Å². The molecule has 0 amide bonds. The molecule has 20 heavy (non-hydrogen) atoms. The fraction of sp³-hybridized carbons (Fsp3) is 0.222. The van der Waals surface area contributed by atoms with Gasteiger partial charge in [0.05, 0.1) is 0 Å². The smallest absolute Gasteiger partial charge is 0.0400 e. The molecule has 2 nitrogen and oxygen atoms in total. The summed E-state index contributed by atoms with van der Waals surface area (Å²) in [5, 5.41) is 6.80. The van der Waals surface area contributed by atoms with Gasteiger partial charge in [0.1, 0.15) is 0 Å². The summed E-state index contributed by atoms with van der Waals surface area (Å²) in [6.07, 6.45) is 3.41. The predicted octanol–water partition coefficient (Wildman–Crippen LogP) is 3.68. The summed E-state index contributed by atoms with van der Waals surface area (Å²) in [7, 11) is 0. The average Bonchev–Trinajstić information content (AvgIpc) is 2.55. The quantitative estimate of drug-likeness (QED) is 0.880. The molecule has 0 aromatic heterocycles. The summed E-state index contributed by atoms with van der Waals surface area (Å²) < 4.78 is 0. The van der Waals surface area contributed by atoms with Crippen molar-refractivity contribution in [3.05, 3.63) is 71.8 Å². The van der Waals surface area contributed by atoms with E-state index in [1.165, 1.54) is 22.4 Å². The molecule has 1 heterocycles. The highest BCUT2D eigenvalue weighted by Gasteiger charge is 2.05. The summed E-state index contributed by atoms with van der Waals surface area (Å²) in [5.74, 6) is 0. The van der Waals surface area contributed by atoms with E-state index in [4.69, 9.17) is 0 Å². The first kappa shape index (κ1) is 12.9. The van der Waals surface area contributed by atoms with Gasteiger partial charge in [0, 0.05) is 18.8 Å². The van der Waals surface area contributed by atoms with Crippen LogP contribution in [0.1, 0.15) is 17.5 Å². The first-order valence-corrected chi connectivity index (χ1v) is 7.20. The predicted molar refractivity (Wildman–Crippen MR) is 85.7 cm³/mol. The van der Waals surface area contributed by atoms with Gasteiger partial charge in [-0.3, -0.25) is 0 Å². The summed E-state index contributed by atoms with van der Waals surface area (Å²) in [4.78, 5) is 0. The number of benzene rings is 2. The Balaban J connectivity index is 1.63. The van der Waals surface area contributed by atoms with Gasteiger partial charge >= 0.3 is 0 Å². The van der Waals surface area contributed by atoms with Crippen molar-refractivity contribution in [2.45, 2.75) is 13.0 Å².